The number of ether oxygens (including phenoxy) is 2. The highest BCUT2D eigenvalue weighted by Gasteiger charge is 2.20. The molecule has 4 N–H and O–H groups in total. The van der Waals surface area contributed by atoms with Crippen LogP contribution in [0.15, 0.2) is 42.6 Å². The van der Waals surface area contributed by atoms with Crippen molar-refractivity contribution in [3.63, 3.8) is 0 Å². The molecule has 0 aliphatic heterocycles. The number of aliphatic hydroxyl groups is 1. The zero-order valence-corrected chi connectivity index (χ0v) is 20.7. The Labute approximate surface area is 209 Å². The summed E-state index contributed by atoms with van der Waals surface area (Å²) >= 11 is 0. The molecule has 0 atom stereocenters. The third kappa shape index (κ3) is 5.19. The Bertz CT molecular complexity index is 1460. The smallest absolute Gasteiger partial charge is 0.255 e. The fourth-order valence-corrected chi connectivity index (χ4v) is 4.01. The number of fused-ring (bicyclic) bond motifs is 3. The van der Waals surface area contributed by atoms with Crippen LogP contribution < -0.4 is 20.1 Å². The Kier molecular flexibility index (Phi) is 6.99. The monoisotopic (exact) mass is 487 g/mol. The van der Waals surface area contributed by atoms with Gasteiger partial charge in [-0.2, -0.15) is 5.26 Å². The van der Waals surface area contributed by atoms with E-state index < -0.39 is 5.60 Å². The van der Waals surface area contributed by atoms with E-state index in [0.29, 0.717) is 58.9 Å². The number of nitrogens with one attached hydrogen (secondary N) is 3. The molecule has 4 aromatic rings. The van der Waals surface area contributed by atoms with Gasteiger partial charge < -0.3 is 30.2 Å². The van der Waals surface area contributed by atoms with E-state index in [1.165, 1.54) is 0 Å². The molecular formula is C27H29N5O4. The largest absolute Gasteiger partial charge is 0.493 e. The number of aromatic nitrogens is 2. The summed E-state index contributed by atoms with van der Waals surface area (Å²) in [5.74, 6) is 0.930. The lowest BCUT2D eigenvalue weighted by atomic mass is 10.1. The molecule has 0 aliphatic rings. The van der Waals surface area contributed by atoms with Crippen LogP contribution >= 0.6 is 0 Å². The van der Waals surface area contributed by atoms with Crippen LogP contribution in [-0.2, 0) is 6.54 Å². The summed E-state index contributed by atoms with van der Waals surface area (Å²) in [4.78, 5) is 21.0. The van der Waals surface area contributed by atoms with Gasteiger partial charge in [0.1, 0.15) is 0 Å². The summed E-state index contributed by atoms with van der Waals surface area (Å²) in [7, 11) is 3.16. The van der Waals surface area contributed by atoms with Crippen molar-refractivity contribution in [1.82, 2.24) is 15.3 Å². The Balaban J connectivity index is 1.73. The summed E-state index contributed by atoms with van der Waals surface area (Å²) in [5, 5.41) is 26.4. The number of nitriles is 1. The maximum Gasteiger partial charge on any atom is 0.255 e. The summed E-state index contributed by atoms with van der Waals surface area (Å²) in [6.45, 7) is 4.11. The van der Waals surface area contributed by atoms with Gasteiger partial charge in [0.25, 0.3) is 5.91 Å². The van der Waals surface area contributed by atoms with Crippen LogP contribution in [0.4, 0.5) is 5.69 Å². The van der Waals surface area contributed by atoms with Crippen LogP contribution in [0, 0.1) is 11.3 Å². The number of aromatic amines is 1. The molecule has 2 aromatic carbocycles. The average molecular weight is 488 g/mol. The molecule has 36 heavy (non-hydrogen) atoms. The average Bonchev–Trinajstić information content (AvgIpc) is 3.24. The second-order valence-corrected chi connectivity index (χ2v) is 9.13. The van der Waals surface area contributed by atoms with Crippen molar-refractivity contribution in [3.05, 3.63) is 59.3 Å². The molecule has 0 saturated carbocycles. The van der Waals surface area contributed by atoms with E-state index in [0.717, 1.165) is 16.5 Å². The normalized spacial score (nSPS) is 11.3. The van der Waals surface area contributed by atoms with E-state index in [-0.39, 0.29) is 5.91 Å². The molecule has 2 aromatic heterocycles. The summed E-state index contributed by atoms with van der Waals surface area (Å²) in [5.41, 5.74) is 3.63. The number of carbonyl (C=O) groups is 1. The fourth-order valence-electron chi connectivity index (χ4n) is 4.01. The SMILES string of the molecule is COc1ccc(CNc2c(C(=O)NCCC(C)(C)O)cnc3c2[nH]c2cc(C#N)ccc23)cc1OC. The van der Waals surface area contributed by atoms with Gasteiger partial charge in [-0.05, 0) is 56.2 Å². The quantitative estimate of drug-likeness (QED) is 0.279. The number of hydrogen-bond acceptors (Lipinski definition) is 7. The number of benzene rings is 2. The topological polar surface area (TPSA) is 132 Å². The predicted octanol–water partition coefficient (Wildman–Crippen LogP) is 4.11. The zero-order chi connectivity index (χ0) is 25.9. The van der Waals surface area contributed by atoms with Gasteiger partial charge in [0.05, 0.1) is 53.7 Å². The van der Waals surface area contributed by atoms with Crippen molar-refractivity contribution in [3.8, 4) is 17.6 Å². The van der Waals surface area contributed by atoms with Gasteiger partial charge in [-0.25, -0.2) is 0 Å². The number of rotatable bonds is 9. The van der Waals surface area contributed by atoms with Gasteiger partial charge in [0, 0.05) is 30.2 Å². The van der Waals surface area contributed by atoms with E-state index in [9.17, 15) is 15.2 Å². The molecule has 0 bridgehead atoms. The summed E-state index contributed by atoms with van der Waals surface area (Å²) in [6, 6.07) is 13.1. The van der Waals surface area contributed by atoms with Gasteiger partial charge in [-0.15, -0.1) is 0 Å². The molecule has 0 fully saturated rings. The van der Waals surface area contributed by atoms with Crippen LogP contribution in [0.3, 0.4) is 0 Å². The molecule has 0 radical (unpaired) electrons. The number of carbonyl (C=O) groups excluding carboxylic acids is 1. The highest BCUT2D eigenvalue weighted by molar-refractivity contribution is 6.13. The minimum absolute atomic E-state index is 0.306. The first-order chi connectivity index (χ1) is 17.2. The molecule has 0 saturated heterocycles. The van der Waals surface area contributed by atoms with Crippen LogP contribution in [-0.4, -0.2) is 47.3 Å². The van der Waals surface area contributed by atoms with Gasteiger partial charge in [-0.1, -0.05) is 6.07 Å². The zero-order valence-electron chi connectivity index (χ0n) is 20.7. The highest BCUT2D eigenvalue weighted by Crippen LogP contribution is 2.33. The lowest BCUT2D eigenvalue weighted by Crippen LogP contribution is -2.31. The van der Waals surface area contributed by atoms with E-state index in [2.05, 4.69) is 26.7 Å². The van der Waals surface area contributed by atoms with Crippen molar-refractivity contribution in [2.45, 2.75) is 32.4 Å². The van der Waals surface area contributed by atoms with Crippen molar-refractivity contribution in [2.75, 3.05) is 26.1 Å². The third-order valence-corrected chi connectivity index (χ3v) is 5.93. The van der Waals surface area contributed by atoms with Crippen molar-refractivity contribution < 1.29 is 19.4 Å². The van der Waals surface area contributed by atoms with Crippen LogP contribution in [0.25, 0.3) is 21.9 Å². The number of methoxy groups -OCH3 is 2. The molecule has 1 amide bonds. The van der Waals surface area contributed by atoms with E-state index in [1.807, 2.05) is 24.3 Å². The maximum absolute atomic E-state index is 13.1. The maximum atomic E-state index is 13.1. The Morgan fingerprint density at radius 3 is 2.64 bits per heavy atom. The van der Waals surface area contributed by atoms with Gasteiger partial charge in [0.2, 0.25) is 0 Å². The number of H-pyrrole nitrogens is 1. The van der Waals surface area contributed by atoms with Gasteiger partial charge in [0.15, 0.2) is 11.5 Å². The molecule has 0 spiro atoms. The lowest BCUT2D eigenvalue weighted by Gasteiger charge is -2.18. The number of nitrogens with zero attached hydrogens (tertiary/aromatic N) is 2. The van der Waals surface area contributed by atoms with E-state index in [4.69, 9.17) is 9.47 Å². The predicted molar refractivity (Wildman–Crippen MR) is 138 cm³/mol. The van der Waals surface area contributed by atoms with Crippen molar-refractivity contribution in [2.24, 2.45) is 0 Å². The first-order valence-corrected chi connectivity index (χ1v) is 11.5. The molecule has 2 heterocycles. The second-order valence-electron chi connectivity index (χ2n) is 9.13. The highest BCUT2D eigenvalue weighted by atomic mass is 16.5. The van der Waals surface area contributed by atoms with E-state index >= 15 is 0 Å². The first-order valence-electron chi connectivity index (χ1n) is 11.5. The molecular weight excluding hydrogens is 458 g/mol. The van der Waals surface area contributed by atoms with Gasteiger partial charge >= 0.3 is 0 Å². The first kappa shape index (κ1) is 24.8. The minimum atomic E-state index is -0.889. The Morgan fingerprint density at radius 2 is 1.94 bits per heavy atom. The van der Waals surface area contributed by atoms with Crippen LogP contribution in [0.1, 0.15) is 41.8 Å². The number of pyridine rings is 1. The molecule has 9 nitrogen and oxygen atoms in total. The molecule has 0 unspecified atom stereocenters. The van der Waals surface area contributed by atoms with Crippen molar-refractivity contribution in [1.29, 1.82) is 5.26 Å². The number of hydrogen-bond donors (Lipinski definition) is 4. The van der Waals surface area contributed by atoms with Crippen LogP contribution in [0.5, 0.6) is 11.5 Å². The van der Waals surface area contributed by atoms with Crippen molar-refractivity contribution >= 4 is 33.5 Å². The van der Waals surface area contributed by atoms with Crippen LogP contribution in [0.2, 0.25) is 0 Å². The van der Waals surface area contributed by atoms with E-state index in [1.54, 1.807) is 46.4 Å². The summed E-state index contributed by atoms with van der Waals surface area (Å²) < 4.78 is 10.7. The Hall–Kier alpha value is -4.29. The standard InChI is InChI=1S/C27H29N5O4/c1-27(2,34)9-10-29-26(33)19-15-31-23-18-7-5-16(13-28)11-20(18)32-25(23)24(19)30-14-17-6-8-21(35-3)22(12-17)36-4/h5-8,11-12,15,32,34H,9-10,14H2,1-4H3,(H,29,33)(H,30,31). The molecule has 0 aliphatic carbocycles. The lowest BCUT2D eigenvalue weighted by molar-refractivity contribution is 0.0693. The third-order valence-electron chi connectivity index (χ3n) is 5.93. The minimum Gasteiger partial charge on any atom is -0.493 e. The molecule has 4 rings (SSSR count). The fraction of sp³-hybridized carbons (Fsp3) is 0.296. The number of amides is 1. The number of anilines is 1. The molecule has 9 heteroatoms. The summed E-state index contributed by atoms with van der Waals surface area (Å²) in [6.07, 6.45) is 1.95. The van der Waals surface area contributed by atoms with Gasteiger partial charge in [-0.3, -0.25) is 9.78 Å². The second kappa shape index (κ2) is 10.1. The molecule has 186 valence electrons. The Morgan fingerprint density at radius 1 is 1.17 bits per heavy atom.